The highest BCUT2D eigenvalue weighted by atomic mass is 16.1. The van der Waals surface area contributed by atoms with E-state index in [4.69, 9.17) is 22.8 Å². The Morgan fingerprint density at radius 1 is 0.889 bits per heavy atom. The van der Waals surface area contributed by atoms with Crippen molar-refractivity contribution in [1.29, 1.82) is 0 Å². The van der Waals surface area contributed by atoms with Gasteiger partial charge < -0.3 is 10.6 Å². The average Bonchev–Trinajstić information content (AvgIpc) is 2.93. The first kappa shape index (κ1) is 22.5. The van der Waals surface area contributed by atoms with Crippen LogP contribution in [0.15, 0.2) is 107 Å². The number of terminal acetylenes is 2. The second-order valence-corrected chi connectivity index (χ2v) is 8.15. The first-order chi connectivity index (χ1) is 17.6. The van der Waals surface area contributed by atoms with Crippen LogP contribution in [0.2, 0.25) is 0 Å². The molecule has 2 aliphatic carbocycles. The summed E-state index contributed by atoms with van der Waals surface area (Å²) in [7, 11) is 0. The molecular weight excluding hydrogens is 444 g/mol. The Morgan fingerprint density at radius 3 is 2.47 bits per heavy atom. The standard InChI is InChI=1S/C31H20N4O/c1-3-21-10-8-14-25(18-21)32-30-31(33-26-15-9-11-22(4-2)19-26)35-28-20-24(16-17-27(28)34-30)29(36)23-12-6-5-7-13-23/h1-2,5-7,10-13,16-20H,8,14H2,(H,32,34)(H,33,35). The van der Waals surface area contributed by atoms with Crippen LogP contribution in [-0.2, 0) is 0 Å². The Balaban J connectivity index is 1.57. The van der Waals surface area contributed by atoms with E-state index in [1.807, 2.05) is 30.4 Å². The van der Waals surface area contributed by atoms with E-state index in [0.29, 0.717) is 45.1 Å². The summed E-state index contributed by atoms with van der Waals surface area (Å²) >= 11 is 0. The molecule has 36 heavy (non-hydrogen) atoms. The van der Waals surface area contributed by atoms with Crippen molar-refractivity contribution >= 4 is 28.5 Å². The minimum atomic E-state index is -0.0818. The van der Waals surface area contributed by atoms with Crippen molar-refractivity contribution in [2.45, 2.75) is 12.8 Å². The van der Waals surface area contributed by atoms with Gasteiger partial charge in [-0.2, -0.15) is 0 Å². The summed E-state index contributed by atoms with van der Waals surface area (Å²) < 4.78 is 0. The van der Waals surface area contributed by atoms with Crippen molar-refractivity contribution in [1.82, 2.24) is 9.97 Å². The monoisotopic (exact) mass is 464 g/mol. The molecule has 170 valence electrons. The number of ketones is 1. The zero-order valence-corrected chi connectivity index (χ0v) is 19.3. The molecule has 0 atom stereocenters. The van der Waals surface area contributed by atoms with Crippen LogP contribution in [0, 0.1) is 24.7 Å². The molecule has 5 nitrogen and oxygen atoms in total. The van der Waals surface area contributed by atoms with Crippen LogP contribution in [-0.4, -0.2) is 15.8 Å². The maximum Gasteiger partial charge on any atom is 0.193 e. The van der Waals surface area contributed by atoms with E-state index in [-0.39, 0.29) is 5.78 Å². The highest BCUT2D eigenvalue weighted by molar-refractivity contribution is 6.10. The van der Waals surface area contributed by atoms with E-state index in [2.05, 4.69) is 33.9 Å². The molecule has 0 radical (unpaired) electrons. The fourth-order valence-corrected chi connectivity index (χ4v) is 3.88. The number of carbonyl (C=O) groups excluding carboxylic acids is 1. The molecule has 0 bridgehead atoms. The highest BCUT2D eigenvalue weighted by Gasteiger charge is 2.16. The third-order valence-electron chi connectivity index (χ3n) is 5.67. The summed E-state index contributed by atoms with van der Waals surface area (Å²) in [5, 5.41) is 6.62. The molecule has 5 rings (SSSR count). The molecule has 1 aromatic heterocycles. The van der Waals surface area contributed by atoms with E-state index < -0.39 is 0 Å². The van der Waals surface area contributed by atoms with Crippen molar-refractivity contribution < 1.29 is 4.79 Å². The van der Waals surface area contributed by atoms with E-state index in [0.717, 1.165) is 24.1 Å². The molecule has 0 saturated carbocycles. The van der Waals surface area contributed by atoms with Crippen LogP contribution < -0.4 is 10.6 Å². The number of aromatic nitrogens is 2. The second-order valence-electron chi connectivity index (χ2n) is 8.15. The van der Waals surface area contributed by atoms with Gasteiger partial charge in [0.1, 0.15) is 0 Å². The lowest BCUT2D eigenvalue weighted by Gasteiger charge is -2.17. The number of hydrogen-bond donors (Lipinski definition) is 2. The molecule has 5 heteroatoms. The van der Waals surface area contributed by atoms with Gasteiger partial charge in [-0.3, -0.25) is 4.79 Å². The first-order valence-corrected chi connectivity index (χ1v) is 11.4. The van der Waals surface area contributed by atoms with Crippen LogP contribution in [0.25, 0.3) is 11.0 Å². The molecule has 0 spiro atoms. The molecular formula is C31H20N4O. The Morgan fingerprint density at radius 2 is 1.67 bits per heavy atom. The molecule has 2 N–H and O–H groups in total. The first-order valence-electron chi connectivity index (χ1n) is 11.4. The van der Waals surface area contributed by atoms with Crippen molar-refractivity contribution in [3.63, 3.8) is 0 Å². The van der Waals surface area contributed by atoms with Crippen LogP contribution in [0.5, 0.6) is 0 Å². The minimum Gasteiger partial charge on any atom is -0.341 e. The molecule has 2 aliphatic rings. The smallest absolute Gasteiger partial charge is 0.193 e. The summed E-state index contributed by atoms with van der Waals surface area (Å²) in [6.45, 7) is 0. The van der Waals surface area contributed by atoms with E-state index >= 15 is 0 Å². The Bertz CT molecular complexity index is 1680. The van der Waals surface area contributed by atoms with E-state index in [1.165, 1.54) is 0 Å². The Hall–Kier alpha value is -5.31. The van der Waals surface area contributed by atoms with Crippen molar-refractivity contribution in [2.75, 3.05) is 10.6 Å². The quantitative estimate of drug-likeness (QED) is 0.279. The third kappa shape index (κ3) is 4.80. The molecule has 1 heterocycles. The number of carbonyl (C=O) groups is 1. The van der Waals surface area contributed by atoms with Crippen LogP contribution in [0.1, 0.15) is 28.8 Å². The predicted octanol–water partition coefficient (Wildman–Crippen LogP) is 5.69. The van der Waals surface area contributed by atoms with Gasteiger partial charge in [0.05, 0.1) is 16.7 Å². The number of nitrogens with one attached hydrogen (secondary N) is 2. The molecule has 0 saturated heterocycles. The van der Waals surface area contributed by atoms with Crippen LogP contribution in [0.4, 0.5) is 11.6 Å². The third-order valence-corrected chi connectivity index (χ3v) is 5.67. The topological polar surface area (TPSA) is 66.9 Å². The highest BCUT2D eigenvalue weighted by Crippen LogP contribution is 2.28. The number of rotatable bonds is 6. The van der Waals surface area contributed by atoms with Crippen LogP contribution >= 0.6 is 0 Å². The maximum absolute atomic E-state index is 13.0. The van der Waals surface area contributed by atoms with Gasteiger partial charge in [0, 0.05) is 34.0 Å². The number of anilines is 2. The van der Waals surface area contributed by atoms with Gasteiger partial charge >= 0.3 is 0 Å². The number of nitrogens with zero attached hydrogens (tertiary/aromatic N) is 2. The van der Waals surface area contributed by atoms with Gasteiger partial charge in [-0.15, -0.1) is 12.8 Å². The molecule has 0 amide bonds. The van der Waals surface area contributed by atoms with Crippen LogP contribution in [0.3, 0.4) is 0 Å². The Kier molecular flexibility index (Phi) is 6.18. The fraction of sp³-hybridized carbons (Fsp3) is 0.0645. The largest absolute Gasteiger partial charge is 0.341 e. The lowest BCUT2D eigenvalue weighted by Crippen LogP contribution is -2.10. The lowest BCUT2D eigenvalue weighted by molar-refractivity contribution is 0.103. The van der Waals surface area contributed by atoms with Gasteiger partial charge in [-0.05, 0) is 48.9 Å². The zero-order valence-electron chi connectivity index (χ0n) is 19.3. The number of allylic oxidation sites excluding steroid dienone is 7. The maximum atomic E-state index is 13.0. The molecule has 3 aromatic rings. The van der Waals surface area contributed by atoms with Gasteiger partial charge in [0.15, 0.2) is 17.4 Å². The second kappa shape index (κ2) is 9.90. The molecule has 0 unspecified atom stereocenters. The summed E-state index contributed by atoms with van der Waals surface area (Å²) in [4.78, 5) is 22.6. The average molecular weight is 465 g/mol. The summed E-state index contributed by atoms with van der Waals surface area (Å²) in [6.07, 6.45) is 20.2. The van der Waals surface area contributed by atoms with Crippen molar-refractivity contribution in [3.8, 4) is 24.7 Å². The molecule has 2 aromatic carbocycles. The fourth-order valence-electron chi connectivity index (χ4n) is 3.88. The van der Waals surface area contributed by atoms with E-state index in [9.17, 15) is 4.79 Å². The van der Waals surface area contributed by atoms with Gasteiger partial charge in [-0.1, -0.05) is 54.0 Å². The summed E-state index contributed by atoms with van der Waals surface area (Å²) in [5.41, 5.74) is 11.3. The van der Waals surface area contributed by atoms with Crippen molar-refractivity contribution in [2.24, 2.45) is 0 Å². The van der Waals surface area contributed by atoms with E-state index in [1.54, 1.807) is 42.5 Å². The molecule has 0 aliphatic heterocycles. The summed E-state index contributed by atoms with van der Waals surface area (Å²) in [6, 6.07) is 14.5. The molecule has 0 fully saturated rings. The number of benzene rings is 2. The SMILES string of the molecule is C#CC1=CCCC(Nc2nc3ccc(C(=O)c4ccccc4)cc3nc2NC2=C=C=CC(C#C)=C2)=C1. The van der Waals surface area contributed by atoms with Gasteiger partial charge in [-0.25, -0.2) is 9.97 Å². The Labute approximate surface area is 209 Å². The normalized spacial score (nSPS) is 14.1. The zero-order chi connectivity index (χ0) is 24.9. The summed E-state index contributed by atoms with van der Waals surface area (Å²) in [5.74, 6) is 6.18. The minimum absolute atomic E-state index is 0.0818. The number of fused-ring (bicyclic) bond motifs is 1. The van der Waals surface area contributed by atoms with Crippen molar-refractivity contribution in [3.05, 3.63) is 118 Å². The van der Waals surface area contributed by atoms with Gasteiger partial charge in [0.2, 0.25) is 0 Å². The predicted molar refractivity (Wildman–Crippen MR) is 143 cm³/mol. The number of hydrogen-bond acceptors (Lipinski definition) is 5. The van der Waals surface area contributed by atoms with Gasteiger partial charge in [0.25, 0.3) is 0 Å². The lowest BCUT2D eigenvalue weighted by atomic mass is 10.0.